The Morgan fingerprint density at radius 1 is 1.56 bits per heavy atom. The summed E-state index contributed by atoms with van der Waals surface area (Å²) in [6.45, 7) is 5.19. The van der Waals surface area contributed by atoms with Gasteiger partial charge < -0.3 is 20.1 Å². The Kier molecular flexibility index (Phi) is 3.84. The summed E-state index contributed by atoms with van der Waals surface area (Å²) in [5, 5.41) is 12.1. The van der Waals surface area contributed by atoms with Crippen molar-refractivity contribution >= 4 is 23.6 Å². The molecule has 0 aliphatic carbocycles. The highest BCUT2D eigenvalue weighted by Gasteiger charge is 2.40. The maximum atomic E-state index is 12.1. The van der Waals surface area contributed by atoms with Gasteiger partial charge in [-0.2, -0.15) is 0 Å². The molecule has 2 aliphatic heterocycles. The van der Waals surface area contributed by atoms with Gasteiger partial charge in [-0.1, -0.05) is 0 Å². The van der Waals surface area contributed by atoms with Gasteiger partial charge in [-0.25, -0.2) is 4.79 Å². The van der Waals surface area contributed by atoms with Gasteiger partial charge in [0.05, 0.1) is 11.0 Å². The van der Waals surface area contributed by atoms with Crippen LogP contribution in [0.5, 0.6) is 0 Å². The minimum atomic E-state index is -0.947. The van der Waals surface area contributed by atoms with Gasteiger partial charge >= 0.3 is 5.97 Å². The molecule has 2 atom stereocenters. The smallest absolute Gasteiger partial charge is 0.327 e. The fourth-order valence-electron chi connectivity index (χ4n) is 2.10. The highest BCUT2D eigenvalue weighted by molar-refractivity contribution is 8.00. The summed E-state index contributed by atoms with van der Waals surface area (Å²) < 4.78 is 5.56. The Bertz CT molecular complexity index is 359. The van der Waals surface area contributed by atoms with Gasteiger partial charge in [0.25, 0.3) is 0 Å². The number of ether oxygens (including phenoxy) is 1. The maximum Gasteiger partial charge on any atom is 0.327 e. The van der Waals surface area contributed by atoms with Gasteiger partial charge in [-0.05, 0) is 13.8 Å². The van der Waals surface area contributed by atoms with Crippen LogP contribution in [-0.2, 0) is 14.3 Å². The van der Waals surface area contributed by atoms with Crippen molar-refractivity contribution in [2.24, 2.45) is 0 Å². The molecular formula is C11H18N2O4S. The third-order valence-electron chi connectivity index (χ3n) is 3.34. The number of carbonyl (C=O) groups is 2. The van der Waals surface area contributed by atoms with E-state index < -0.39 is 12.0 Å². The lowest BCUT2D eigenvalue weighted by Crippen LogP contribution is -2.60. The van der Waals surface area contributed by atoms with Crippen molar-refractivity contribution < 1.29 is 19.4 Å². The van der Waals surface area contributed by atoms with E-state index >= 15 is 0 Å². The monoisotopic (exact) mass is 274 g/mol. The Morgan fingerprint density at radius 3 is 2.72 bits per heavy atom. The van der Waals surface area contributed by atoms with Crippen LogP contribution in [0, 0.1) is 0 Å². The number of amides is 1. The predicted octanol–water partition coefficient (Wildman–Crippen LogP) is -0.260. The summed E-state index contributed by atoms with van der Waals surface area (Å²) in [5.41, 5.74) is -0.287. The number of nitrogens with one attached hydrogen (secondary N) is 1. The van der Waals surface area contributed by atoms with Crippen LogP contribution in [0.15, 0.2) is 0 Å². The zero-order valence-corrected chi connectivity index (χ0v) is 11.3. The SMILES string of the molecule is CC1SCC(C(=O)O)N1C(=O)COC1(C)CNC1. The zero-order valence-electron chi connectivity index (χ0n) is 10.5. The Morgan fingerprint density at radius 2 is 2.22 bits per heavy atom. The molecule has 6 nitrogen and oxygen atoms in total. The molecule has 0 saturated carbocycles. The molecule has 2 unspecified atom stereocenters. The fraction of sp³-hybridized carbons (Fsp3) is 0.818. The first kappa shape index (κ1) is 13.6. The summed E-state index contributed by atoms with van der Waals surface area (Å²) in [7, 11) is 0. The standard InChI is InChI=1S/C11H18N2O4S/c1-7-13(8(4-18-7)10(15)16)9(14)3-17-11(2)5-12-6-11/h7-8,12H,3-6H2,1-2H3,(H,15,16). The van der Waals surface area contributed by atoms with E-state index in [0.29, 0.717) is 5.75 Å². The summed E-state index contributed by atoms with van der Waals surface area (Å²) in [6.07, 6.45) is 0. The molecule has 1 amide bonds. The molecule has 2 N–H and O–H groups in total. The maximum absolute atomic E-state index is 12.1. The quantitative estimate of drug-likeness (QED) is 0.735. The second-order valence-electron chi connectivity index (χ2n) is 4.93. The van der Waals surface area contributed by atoms with Crippen LogP contribution in [0.25, 0.3) is 0 Å². The fourth-order valence-corrected chi connectivity index (χ4v) is 3.29. The number of nitrogens with zero attached hydrogens (tertiary/aromatic N) is 1. The second-order valence-corrected chi connectivity index (χ2v) is 6.28. The van der Waals surface area contributed by atoms with Crippen LogP contribution in [-0.4, -0.2) is 64.3 Å². The van der Waals surface area contributed by atoms with Gasteiger partial charge in [0.15, 0.2) is 0 Å². The van der Waals surface area contributed by atoms with E-state index in [4.69, 9.17) is 9.84 Å². The van der Waals surface area contributed by atoms with Gasteiger partial charge in [0.1, 0.15) is 12.6 Å². The number of rotatable bonds is 4. The van der Waals surface area contributed by atoms with Crippen molar-refractivity contribution in [3.8, 4) is 0 Å². The molecule has 0 spiro atoms. The third kappa shape index (κ3) is 2.62. The van der Waals surface area contributed by atoms with E-state index in [1.54, 1.807) is 0 Å². The molecule has 2 aliphatic rings. The summed E-state index contributed by atoms with van der Waals surface area (Å²) in [5.74, 6) is -0.745. The van der Waals surface area contributed by atoms with Crippen molar-refractivity contribution in [3.63, 3.8) is 0 Å². The summed E-state index contributed by atoms with van der Waals surface area (Å²) in [6, 6.07) is -0.728. The predicted molar refractivity (Wildman–Crippen MR) is 67.4 cm³/mol. The lowest BCUT2D eigenvalue weighted by molar-refractivity contribution is -0.155. The second kappa shape index (κ2) is 5.07. The molecule has 2 rings (SSSR count). The highest BCUT2D eigenvalue weighted by Crippen LogP contribution is 2.29. The van der Waals surface area contributed by atoms with Crippen molar-refractivity contribution in [3.05, 3.63) is 0 Å². The molecule has 102 valence electrons. The molecule has 2 saturated heterocycles. The lowest BCUT2D eigenvalue weighted by atomic mass is 10.0. The van der Waals surface area contributed by atoms with Crippen molar-refractivity contribution in [1.82, 2.24) is 10.2 Å². The van der Waals surface area contributed by atoms with E-state index in [1.807, 2.05) is 13.8 Å². The first-order valence-corrected chi connectivity index (χ1v) is 6.98. The number of aliphatic carboxylic acids is 1. The Hall–Kier alpha value is -0.790. The average Bonchev–Trinajstić information content (AvgIpc) is 2.65. The Balaban J connectivity index is 1.92. The van der Waals surface area contributed by atoms with Gasteiger partial charge in [-0.15, -0.1) is 11.8 Å². The normalized spacial score (nSPS) is 30.0. The van der Waals surface area contributed by atoms with E-state index in [-0.39, 0.29) is 23.5 Å². The molecule has 0 aromatic carbocycles. The highest BCUT2D eigenvalue weighted by atomic mass is 32.2. The van der Waals surface area contributed by atoms with Crippen LogP contribution in [0.1, 0.15) is 13.8 Å². The van der Waals surface area contributed by atoms with Gasteiger partial charge in [-0.3, -0.25) is 4.79 Å². The lowest BCUT2D eigenvalue weighted by Gasteiger charge is -2.39. The molecule has 2 heterocycles. The number of carboxylic acid groups (broad SMARTS) is 1. The van der Waals surface area contributed by atoms with Gasteiger partial charge in [0, 0.05) is 18.8 Å². The zero-order chi connectivity index (χ0) is 13.3. The minimum Gasteiger partial charge on any atom is -0.480 e. The number of thioether (sulfide) groups is 1. The largest absolute Gasteiger partial charge is 0.480 e. The molecule has 0 aromatic heterocycles. The molecular weight excluding hydrogens is 256 g/mol. The topological polar surface area (TPSA) is 78.9 Å². The van der Waals surface area contributed by atoms with Crippen LogP contribution in [0.2, 0.25) is 0 Å². The van der Waals surface area contributed by atoms with E-state index in [1.165, 1.54) is 16.7 Å². The van der Waals surface area contributed by atoms with Crippen molar-refractivity contribution in [2.45, 2.75) is 30.9 Å². The van der Waals surface area contributed by atoms with E-state index in [9.17, 15) is 9.59 Å². The number of hydrogen-bond acceptors (Lipinski definition) is 5. The first-order valence-electron chi connectivity index (χ1n) is 5.93. The molecule has 0 bridgehead atoms. The number of carboxylic acids is 1. The van der Waals surface area contributed by atoms with Crippen molar-refractivity contribution in [2.75, 3.05) is 25.4 Å². The summed E-state index contributed by atoms with van der Waals surface area (Å²) >= 11 is 1.48. The molecule has 2 fully saturated rings. The van der Waals surface area contributed by atoms with Crippen LogP contribution in [0.4, 0.5) is 0 Å². The number of carbonyl (C=O) groups excluding carboxylic acids is 1. The van der Waals surface area contributed by atoms with E-state index in [2.05, 4.69) is 5.32 Å². The third-order valence-corrected chi connectivity index (χ3v) is 4.56. The first-order chi connectivity index (χ1) is 8.43. The molecule has 7 heteroatoms. The number of hydrogen-bond donors (Lipinski definition) is 2. The van der Waals surface area contributed by atoms with Crippen LogP contribution >= 0.6 is 11.8 Å². The van der Waals surface area contributed by atoms with Crippen LogP contribution < -0.4 is 5.32 Å². The van der Waals surface area contributed by atoms with E-state index in [0.717, 1.165) is 13.1 Å². The van der Waals surface area contributed by atoms with Crippen molar-refractivity contribution in [1.29, 1.82) is 0 Å². The molecule has 0 radical (unpaired) electrons. The average molecular weight is 274 g/mol. The minimum absolute atomic E-state index is 0.0488. The molecule has 18 heavy (non-hydrogen) atoms. The Labute approximate surface area is 110 Å². The summed E-state index contributed by atoms with van der Waals surface area (Å²) in [4.78, 5) is 24.6. The van der Waals surface area contributed by atoms with Crippen LogP contribution in [0.3, 0.4) is 0 Å². The molecule has 0 aromatic rings. The van der Waals surface area contributed by atoms with Gasteiger partial charge in [0.2, 0.25) is 5.91 Å².